The molecule has 0 bridgehead atoms. The van der Waals surface area contributed by atoms with Crippen molar-refractivity contribution in [3.8, 4) is 0 Å². The van der Waals surface area contributed by atoms with E-state index in [0.717, 1.165) is 10.5 Å². The third-order valence-electron chi connectivity index (χ3n) is 3.86. The molecule has 0 spiro atoms. The third kappa shape index (κ3) is 5.56. The average Bonchev–Trinajstić information content (AvgIpc) is 2.69. The van der Waals surface area contributed by atoms with Crippen LogP contribution in [0.1, 0.15) is 21.6 Å². The van der Waals surface area contributed by atoms with Gasteiger partial charge >= 0.3 is 5.97 Å². The molecule has 5 nitrogen and oxygen atoms in total. The molecule has 0 fully saturated rings. The summed E-state index contributed by atoms with van der Waals surface area (Å²) in [7, 11) is 0. The molecule has 1 heterocycles. The van der Waals surface area contributed by atoms with Crippen molar-refractivity contribution < 1.29 is 9.53 Å². The number of benzene rings is 2. The molecular formula is C21H20N2O3S. The standard InChI is InChI=1S/C21H20N2O3S/c1-16-7-9-18(10-8-16)27-14-13-26-21(25)19-11-12-20(24)23(22-19)15-17-5-3-2-4-6-17/h2-12H,13-15H2,1H3. The zero-order valence-corrected chi connectivity index (χ0v) is 15.8. The van der Waals surface area contributed by atoms with Crippen LogP contribution in [-0.2, 0) is 11.3 Å². The van der Waals surface area contributed by atoms with Crippen LogP contribution in [-0.4, -0.2) is 28.1 Å². The fraction of sp³-hybridized carbons (Fsp3) is 0.190. The van der Waals surface area contributed by atoms with Gasteiger partial charge in [-0.25, -0.2) is 9.48 Å². The number of thioether (sulfide) groups is 1. The predicted molar refractivity (Wildman–Crippen MR) is 106 cm³/mol. The summed E-state index contributed by atoms with van der Waals surface area (Å²) in [4.78, 5) is 25.3. The summed E-state index contributed by atoms with van der Waals surface area (Å²) in [6.45, 7) is 2.63. The number of rotatable bonds is 7. The van der Waals surface area contributed by atoms with Gasteiger partial charge < -0.3 is 4.74 Å². The predicted octanol–water partition coefficient (Wildman–Crippen LogP) is 3.55. The molecule has 0 aliphatic carbocycles. The van der Waals surface area contributed by atoms with Crippen LogP contribution in [0.4, 0.5) is 0 Å². The Morgan fingerprint density at radius 3 is 2.52 bits per heavy atom. The van der Waals surface area contributed by atoms with Gasteiger partial charge in [0.05, 0.1) is 6.54 Å². The molecule has 3 aromatic rings. The van der Waals surface area contributed by atoms with E-state index in [-0.39, 0.29) is 17.9 Å². The second-order valence-corrected chi connectivity index (χ2v) is 7.17. The van der Waals surface area contributed by atoms with Crippen molar-refractivity contribution in [2.45, 2.75) is 18.4 Å². The summed E-state index contributed by atoms with van der Waals surface area (Å²) >= 11 is 1.62. The van der Waals surface area contributed by atoms with Gasteiger partial charge in [0, 0.05) is 16.7 Å². The summed E-state index contributed by atoms with van der Waals surface area (Å²) in [6.07, 6.45) is 0. The number of esters is 1. The minimum Gasteiger partial charge on any atom is -0.460 e. The van der Waals surface area contributed by atoms with Crippen LogP contribution in [0.3, 0.4) is 0 Å². The summed E-state index contributed by atoms with van der Waals surface area (Å²) in [6, 6.07) is 20.4. The van der Waals surface area contributed by atoms with Gasteiger partial charge in [0.25, 0.3) is 5.56 Å². The summed E-state index contributed by atoms with van der Waals surface area (Å²) in [5.41, 5.74) is 2.02. The molecule has 0 N–H and O–H groups in total. The van der Waals surface area contributed by atoms with Crippen LogP contribution in [0.15, 0.2) is 76.4 Å². The molecule has 6 heteroatoms. The molecule has 1 aromatic heterocycles. The number of hydrogen-bond donors (Lipinski definition) is 0. The van der Waals surface area contributed by atoms with E-state index in [1.165, 1.54) is 22.4 Å². The highest BCUT2D eigenvalue weighted by atomic mass is 32.2. The Morgan fingerprint density at radius 1 is 1.04 bits per heavy atom. The van der Waals surface area contributed by atoms with Crippen molar-refractivity contribution in [1.82, 2.24) is 9.78 Å². The second-order valence-electron chi connectivity index (χ2n) is 6.00. The Labute approximate surface area is 162 Å². The van der Waals surface area contributed by atoms with Crippen molar-refractivity contribution in [3.63, 3.8) is 0 Å². The van der Waals surface area contributed by atoms with E-state index < -0.39 is 5.97 Å². The van der Waals surface area contributed by atoms with Gasteiger partial charge in [-0.05, 0) is 30.7 Å². The Balaban J connectivity index is 1.55. The first-order valence-electron chi connectivity index (χ1n) is 8.60. The molecule has 2 aromatic carbocycles. The van der Waals surface area contributed by atoms with Crippen LogP contribution in [0.25, 0.3) is 0 Å². The molecule has 0 aliphatic heterocycles. The number of hydrogen-bond acceptors (Lipinski definition) is 5. The summed E-state index contributed by atoms with van der Waals surface area (Å²) in [5.74, 6) is 0.125. The van der Waals surface area contributed by atoms with Crippen molar-refractivity contribution in [1.29, 1.82) is 0 Å². The van der Waals surface area contributed by atoms with Gasteiger partial charge in [-0.1, -0.05) is 48.0 Å². The van der Waals surface area contributed by atoms with Crippen molar-refractivity contribution in [2.75, 3.05) is 12.4 Å². The van der Waals surface area contributed by atoms with Gasteiger partial charge in [0.2, 0.25) is 0 Å². The molecular weight excluding hydrogens is 360 g/mol. The third-order valence-corrected chi connectivity index (χ3v) is 4.83. The van der Waals surface area contributed by atoms with Gasteiger partial charge in [0.1, 0.15) is 6.61 Å². The molecule has 0 atom stereocenters. The lowest BCUT2D eigenvalue weighted by molar-refractivity contribution is 0.0520. The SMILES string of the molecule is Cc1ccc(SCCOC(=O)c2ccc(=O)n(Cc3ccccc3)n2)cc1. The van der Waals surface area contributed by atoms with Crippen molar-refractivity contribution in [3.05, 3.63) is 93.9 Å². The van der Waals surface area contributed by atoms with Gasteiger partial charge in [0.15, 0.2) is 5.69 Å². The molecule has 0 amide bonds. The minimum atomic E-state index is -0.527. The fourth-order valence-corrected chi connectivity index (χ4v) is 3.16. The van der Waals surface area contributed by atoms with E-state index in [2.05, 4.69) is 5.10 Å². The van der Waals surface area contributed by atoms with Crippen molar-refractivity contribution >= 4 is 17.7 Å². The summed E-state index contributed by atoms with van der Waals surface area (Å²) in [5, 5.41) is 4.14. The molecule has 138 valence electrons. The number of ether oxygens (including phenoxy) is 1. The Kier molecular flexibility index (Phi) is 6.44. The minimum absolute atomic E-state index is 0.130. The van der Waals surface area contributed by atoms with Crippen LogP contribution in [0.2, 0.25) is 0 Å². The van der Waals surface area contributed by atoms with Crippen LogP contribution in [0, 0.1) is 6.92 Å². The highest BCUT2D eigenvalue weighted by Gasteiger charge is 2.11. The number of nitrogens with zero attached hydrogens (tertiary/aromatic N) is 2. The molecule has 0 saturated carbocycles. The second kappa shape index (κ2) is 9.19. The molecule has 0 unspecified atom stereocenters. The zero-order valence-electron chi connectivity index (χ0n) is 15.0. The van der Waals surface area contributed by atoms with E-state index in [4.69, 9.17) is 4.74 Å². The Hall–Kier alpha value is -2.86. The molecule has 0 saturated heterocycles. The first-order chi connectivity index (χ1) is 13.1. The fourth-order valence-electron chi connectivity index (χ4n) is 2.43. The highest BCUT2D eigenvalue weighted by molar-refractivity contribution is 7.99. The number of carbonyl (C=O) groups excluding carboxylic acids is 1. The highest BCUT2D eigenvalue weighted by Crippen LogP contribution is 2.17. The van der Waals surface area contributed by atoms with Crippen LogP contribution >= 0.6 is 11.8 Å². The van der Waals surface area contributed by atoms with Gasteiger partial charge in [-0.15, -0.1) is 11.8 Å². The lowest BCUT2D eigenvalue weighted by atomic mass is 10.2. The average molecular weight is 380 g/mol. The number of aryl methyl sites for hydroxylation is 1. The molecule has 3 rings (SSSR count). The number of aromatic nitrogens is 2. The van der Waals surface area contributed by atoms with Crippen LogP contribution < -0.4 is 5.56 Å². The maximum absolute atomic E-state index is 12.2. The normalized spacial score (nSPS) is 10.6. The first-order valence-corrected chi connectivity index (χ1v) is 9.59. The maximum atomic E-state index is 12.2. The smallest absolute Gasteiger partial charge is 0.358 e. The molecule has 27 heavy (non-hydrogen) atoms. The van der Waals surface area contributed by atoms with Crippen molar-refractivity contribution in [2.24, 2.45) is 0 Å². The van der Waals surface area contributed by atoms with E-state index in [1.807, 2.05) is 61.5 Å². The Morgan fingerprint density at radius 2 is 1.78 bits per heavy atom. The quantitative estimate of drug-likeness (QED) is 0.356. The van der Waals surface area contributed by atoms with E-state index in [0.29, 0.717) is 12.3 Å². The first kappa shape index (κ1) is 18.9. The maximum Gasteiger partial charge on any atom is 0.358 e. The largest absolute Gasteiger partial charge is 0.460 e. The van der Waals surface area contributed by atoms with Gasteiger partial charge in [-0.2, -0.15) is 5.10 Å². The lowest BCUT2D eigenvalue weighted by Crippen LogP contribution is -2.25. The lowest BCUT2D eigenvalue weighted by Gasteiger charge is -2.08. The molecule has 0 radical (unpaired) electrons. The van der Waals surface area contributed by atoms with Crippen LogP contribution in [0.5, 0.6) is 0 Å². The monoisotopic (exact) mass is 380 g/mol. The Bertz CT molecular complexity index is 953. The van der Waals surface area contributed by atoms with E-state index >= 15 is 0 Å². The summed E-state index contributed by atoms with van der Waals surface area (Å²) < 4.78 is 6.55. The van der Waals surface area contributed by atoms with E-state index in [1.54, 1.807) is 11.8 Å². The molecule has 0 aliphatic rings. The van der Waals surface area contributed by atoms with E-state index in [9.17, 15) is 9.59 Å². The van der Waals surface area contributed by atoms with Gasteiger partial charge in [-0.3, -0.25) is 4.79 Å². The topological polar surface area (TPSA) is 61.2 Å². The zero-order chi connectivity index (χ0) is 19.1. The number of carbonyl (C=O) groups is 1.